The predicted octanol–water partition coefficient (Wildman–Crippen LogP) is 5.04. The van der Waals surface area contributed by atoms with Crippen LogP contribution in [0.25, 0.3) is 21.5 Å². The Hall–Kier alpha value is -3.06. The molecule has 31 heavy (non-hydrogen) atoms. The molecule has 0 bridgehead atoms. The van der Waals surface area contributed by atoms with Crippen LogP contribution < -0.4 is 5.32 Å². The van der Waals surface area contributed by atoms with Crippen molar-refractivity contribution in [1.29, 1.82) is 0 Å². The van der Waals surface area contributed by atoms with Gasteiger partial charge in [-0.15, -0.1) is 0 Å². The second-order valence-electron chi connectivity index (χ2n) is 7.49. The Morgan fingerprint density at radius 1 is 1.16 bits per heavy atom. The van der Waals surface area contributed by atoms with Crippen LogP contribution in [0.3, 0.4) is 0 Å². The highest BCUT2D eigenvalue weighted by Crippen LogP contribution is 2.16. The molecule has 0 saturated heterocycles. The molecule has 0 saturated carbocycles. The van der Waals surface area contributed by atoms with Crippen molar-refractivity contribution in [3.63, 3.8) is 0 Å². The van der Waals surface area contributed by atoms with Crippen LogP contribution in [-0.2, 0) is 9.53 Å². The number of para-hydroxylation sites is 2. The van der Waals surface area contributed by atoms with E-state index in [1.54, 1.807) is 13.0 Å². The van der Waals surface area contributed by atoms with Crippen molar-refractivity contribution in [2.45, 2.75) is 77.3 Å². The number of imidazole rings is 1. The first-order chi connectivity index (χ1) is 15.1. The molecule has 0 aliphatic heterocycles. The minimum absolute atomic E-state index is 0.0890. The van der Waals surface area contributed by atoms with Crippen molar-refractivity contribution in [2.24, 2.45) is 5.11 Å². The van der Waals surface area contributed by atoms with E-state index in [1.165, 1.54) is 25.7 Å². The largest absolute Gasteiger partial charge is 0.464 e. The molecule has 1 aromatic carbocycles. The number of esters is 1. The van der Waals surface area contributed by atoms with Crippen molar-refractivity contribution in [3.8, 4) is 0 Å². The quantitative estimate of drug-likeness (QED) is 0.143. The molecule has 2 unspecified atom stereocenters. The van der Waals surface area contributed by atoms with Crippen molar-refractivity contribution >= 4 is 22.9 Å². The topological polar surface area (TPSA) is 133 Å². The average Bonchev–Trinajstić information content (AvgIpc) is 3.21. The average molecular weight is 429 g/mol. The molecule has 2 rings (SSSR count). The van der Waals surface area contributed by atoms with Gasteiger partial charge in [0, 0.05) is 4.91 Å². The van der Waals surface area contributed by atoms with Gasteiger partial charge in [0.25, 0.3) is 5.91 Å². The van der Waals surface area contributed by atoms with Crippen LogP contribution in [0.1, 0.15) is 75.8 Å². The number of fused-ring (bicyclic) bond motifs is 1. The maximum atomic E-state index is 12.8. The minimum atomic E-state index is -1.07. The molecule has 1 aromatic heterocycles. The first-order valence-corrected chi connectivity index (χ1v) is 11.1. The molecule has 1 heterocycles. The molecule has 9 nitrogen and oxygen atoms in total. The van der Waals surface area contributed by atoms with Gasteiger partial charge in [0.15, 0.2) is 5.82 Å². The van der Waals surface area contributed by atoms with Gasteiger partial charge in [-0.3, -0.25) is 4.79 Å². The number of nitrogens with zero attached hydrogens (tertiary/aromatic N) is 4. The van der Waals surface area contributed by atoms with E-state index in [4.69, 9.17) is 10.3 Å². The number of H-pyrrole nitrogens is 1. The van der Waals surface area contributed by atoms with E-state index in [9.17, 15) is 9.59 Å². The lowest BCUT2D eigenvalue weighted by Gasteiger charge is -2.22. The summed E-state index contributed by atoms with van der Waals surface area (Å²) in [6, 6.07) is 5.46. The van der Waals surface area contributed by atoms with Gasteiger partial charge in [-0.2, -0.15) is 0 Å². The standard InChI is InChI=1S/C22H32N6O3/c1-3-5-6-7-8-9-10-15-18(27-28-23)19(22(30)31-4-2)26-21(29)20-24-16-13-11-12-14-17(16)25-20/h11-14,18-19H,3-10,15H2,1-2H3,(H,24,25)(H,26,29). The van der Waals surface area contributed by atoms with Crippen LogP contribution in [0, 0.1) is 0 Å². The number of carbonyl (C=O) groups is 2. The molecule has 168 valence electrons. The highest BCUT2D eigenvalue weighted by molar-refractivity contribution is 5.96. The molecule has 0 aliphatic carbocycles. The van der Waals surface area contributed by atoms with Crippen molar-refractivity contribution in [1.82, 2.24) is 15.3 Å². The molecule has 9 heteroatoms. The van der Waals surface area contributed by atoms with Gasteiger partial charge < -0.3 is 15.0 Å². The van der Waals surface area contributed by atoms with Gasteiger partial charge in [0.1, 0.15) is 6.04 Å². The van der Waals surface area contributed by atoms with Gasteiger partial charge in [0.05, 0.1) is 23.7 Å². The predicted molar refractivity (Wildman–Crippen MR) is 120 cm³/mol. The fourth-order valence-electron chi connectivity index (χ4n) is 3.48. The second-order valence-corrected chi connectivity index (χ2v) is 7.49. The van der Waals surface area contributed by atoms with Gasteiger partial charge in [-0.25, -0.2) is 9.78 Å². The van der Waals surface area contributed by atoms with E-state index >= 15 is 0 Å². The number of hydrogen-bond acceptors (Lipinski definition) is 5. The summed E-state index contributed by atoms with van der Waals surface area (Å²) in [6.45, 7) is 4.03. The van der Waals surface area contributed by atoms with E-state index in [0.717, 1.165) is 24.8 Å². The van der Waals surface area contributed by atoms with E-state index in [2.05, 4.69) is 32.2 Å². The number of rotatable bonds is 14. The van der Waals surface area contributed by atoms with Crippen molar-refractivity contribution in [2.75, 3.05) is 6.61 Å². The SMILES string of the molecule is CCCCCCCCCC(N=[N+]=[N-])C(NC(=O)c1nc2ccccc2[nH]1)C(=O)OCC. The smallest absolute Gasteiger partial charge is 0.329 e. The van der Waals surface area contributed by atoms with Crippen LogP contribution in [-0.4, -0.2) is 40.5 Å². The number of aromatic nitrogens is 2. The Labute approximate surface area is 182 Å². The van der Waals surface area contributed by atoms with Gasteiger partial charge in [-0.05, 0) is 31.0 Å². The monoisotopic (exact) mass is 428 g/mol. The molecule has 0 aliphatic rings. The first kappa shape index (κ1) is 24.2. The highest BCUT2D eigenvalue weighted by Gasteiger charge is 2.31. The maximum absolute atomic E-state index is 12.8. The van der Waals surface area contributed by atoms with E-state index in [1.807, 2.05) is 18.2 Å². The van der Waals surface area contributed by atoms with E-state index in [-0.39, 0.29) is 12.4 Å². The second kappa shape index (κ2) is 13.3. The lowest BCUT2D eigenvalue weighted by molar-refractivity contribution is -0.146. The minimum Gasteiger partial charge on any atom is -0.464 e. The fourth-order valence-corrected chi connectivity index (χ4v) is 3.48. The number of ether oxygens (including phenoxy) is 1. The third kappa shape index (κ3) is 7.61. The summed E-state index contributed by atoms with van der Waals surface area (Å²) in [5.74, 6) is -1.08. The van der Waals surface area contributed by atoms with Crippen LogP contribution in [0.5, 0.6) is 0 Å². The molecule has 2 atom stereocenters. The zero-order valence-electron chi connectivity index (χ0n) is 18.3. The lowest BCUT2D eigenvalue weighted by Crippen LogP contribution is -2.49. The highest BCUT2D eigenvalue weighted by atomic mass is 16.5. The molecular weight excluding hydrogens is 396 g/mol. The Morgan fingerprint density at radius 3 is 2.55 bits per heavy atom. The molecule has 0 spiro atoms. The number of carbonyl (C=O) groups excluding carboxylic acids is 2. The number of aromatic amines is 1. The third-order valence-corrected chi connectivity index (χ3v) is 5.12. The molecule has 2 N–H and O–H groups in total. The molecular formula is C22H32N6O3. The summed E-state index contributed by atoms with van der Waals surface area (Å²) in [7, 11) is 0. The zero-order valence-corrected chi connectivity index (χ0v) is 18.3. The normalized spacial score (nSPS) is 12.7. The molecule has 2 aromatic rings. The Balaban J connectivity index is 2.05. The summed E-state index contributed by atoms with van der Waals surface area (Å²) < 4.78 is 5.13. The van der Waals surface area contributed by atoms with E-state index < -0.39 is 24.0 Å². The fraction of sp³-hybridized carbons (Fsp3) is 0.591. The van der Waals surface area contributed by atoms with Crippen LogP contribution in [0.15, 0.2) is 29.4 Å². The maximum Gasteiger partial charge on any atom is 0.329 e. The van der Waals surface area contributed by atoms with Crippen LogP contribution in [0.2, 0.25) is 0 Å². The van der Waals surface area contributed by atoms with Crippen molar-refractivity contribution < 1.29 is 14.3 Å². The number of unbranched alkanes of at least 4 members (excludes halogenated alkanes) is 6. The van der Waals surface area contributed by atoms with Gasteiger partial charge in [-0.1, -0.05) is 69.1 Å². The van der Waals surface area contributed by atoms with Gasteiger partial charge in [0.2, 0.25) is 0 Å². The molecule has 0 fully saturated rings. The summed E-state index contributed by atoms with van der Waals surface area (Å²) in [5.41, 5.74) is 10.4. The van der Waals surface area contributed by atoms with Gasteiger partial charge >= 0.3 is 5.97 Å². The molecule has 0 radical (unpaired) electrons. The van der Waals surface area contributed by atoms with Crippen LogP contribution in [0.4, 0.5) is 0 Å². The van der Waals surface area contributed by atoms with Crippen LogP contribution >= 0.6 is 0 Å². The number of azide groups is 1. The summed E-state index contributed by atoms with van der Waals surface area (Å²) in [5, 5.41) is 6.46. The Kier molecular flexibility index (Phi) is 10.4. The number of amides is 1. The summed E-state index contributed by atoms with van der Waals surface area (Å²) >= 11 is 0. The number of hydrogen-bond donors (Lipinski definition) is 2. The number of benzene rings is 1. The Bertz CT molecular complexity index is 857. The van der Waals surface area contributed by atoms with Crippen molar-refractivity contribution in [3.05, 3.63) is 40.5 Å². The number of nitrogens with one attached hydrogen (secondary N) is 2. The van der Waals surface area contributed by atoms with E-state index in [0.29, 0.717) is 11.9 Å². The molecule has 1 amide bonds. The first-order valence-electron chi connectivity index (χ1n) is 11.1. The zero-order chi connectivity index (χ0) is 22.5. The third-order valence-electron chi connectivity index (χ3n) is 5.12. The summed E-state index contributed by atoms with van der Waals surface area (Å²) in [4.78, 5) is 35.4. The summed E-state index contributed by atoms with van der Waals surface area (Å²) in [6.07, 6.45) is 8.19. The Morgan fingerprint density at radius 2 is 1.87 bits per heavy atom. The lowest BCUT2D eigenvalue weighted by atomic mass is 10.0.